The summed E-state index contributed by atoms with van der Waals surface area (Å²) in [6, 6.07) is 0.599. The van der Waals surface area contributed by atoms with E-state index in [4.69, 9.17) is 0 Å². The lowest BCUT2D eigenvalue weighted by Gasteiger charge is -2.32. The second-order valence-electron chi connectivity index (χ2n) is 5.58. The molecule has 5 heteroatoms. The molecule has 1 saturated heterocycles. The van der Waals surface area contributed by atoms with Crippen LogP contribution in [0.5, 0.6) is 0 Å². The molecular formula is C13H25N5. The zero-order valence-corrected chi connectivity index (χ0v) is 11.8. The Balaban J connectivity index is 1.72. The second-order valence-corrected chi connectivity index (χ2v) is 5.58. The fraction of sp³-hybridized carbons (Fsp3) is 0.846. The third kappa shape index (κ3) is 3.78. The molecule has 0 unspecified atom stereocenters. The van der Waals surface area contributed by atoms with Gasteiger partial charge < -0.3 is 5.32 Å². The predicted molar refractivity (Wildman–Crippen MR) is 72.1 cm³/mol. The Morgan fingerprint density at radius 3 is 2.67 bits per heavy atom. The molecule has 2 heterocycles. The molecule has 2 rings (SSSR count). The third-order valence-electron chi connectivity index (χ3n) is 3.69. The van der Waals surface area contributed by atoms with Gasteiger partial charge in [0.25, 0.3) is 0 Å². The molecule has 0 atom stereocenters. The van der Waals surface area contributed by atoms with E-state index in [9.17, 15) is 0 Å². The molecule has 0 bridgehead atoms. The maximum Gasteiger partial charge on any atom is 0.140 e. The lowest BCUT2D eigenvalue weighted by atomic mass is 9.96. The molecule has 0 radical (unpaired) electrons. The van der Waals surface area contributed by atoms with Crippen molar-refractivity contribution in [3.8, 4) is 0 Å². The summed E-state index contributed by atoms with van der Waals surface area (Å²) in [6.07, 6.45) is 4.21. The molecule has 0 aromatic carbocycles. The van der Waals surface area contributed by atoms with Crippen LogP contribution < -0.4 is 5.32 Å². The Bertz CT molecular complexity index is 352. The van der Waals surface area contributed by atoms with E-state index in [1.54, 1.807) is 6.33 Å². The van der Waals surface area contributed by atoms with E-state index in [2.05, 4.69) is 34.1 Å². The van der Waals surface area contributed by atoms with Crippen LogP contribution in [0.3, 0.4) is 0 Å². The standard InChI is InChI=1S/C13H25N5/c1-11(2)14-8-12-4-6-18(7-5-12)9-13-15-10-16-17(13)3/h10-12,14H,4-9H2,1-3H3. The number of piperidine rings is 1. The van der Waals surface area contributed by atoms with Crippen LogP contribution >= 0.6 is 0 Å². The summed E-state index contributed by atoms with van der Waals surface area (Å²) in [5.41, 5.74) is 0. The maximum absolute atomic E-state index is 4.29. The van der Waals surface area contributed by atoms with E-state index < -0.39 is 0 Å². The fourth-order valence-corrected chi connectivity index (χ4v) is 2.41. The van der Waals surface area contributed by atoms with Crippen LogP contribution in [0.1, 0.15) is 32.5 Å². The molecule has 1 aromatic heterocycles. The number of rotatable bonds is 5. The largest absolute Gasteiger partial charge is 0.314 e. The lowest BCUT2D eigenvalue weighted by molar-refractivity contribution is 0.169. The first-order chi connectivity index (χ1) is 8.65. The Hall–Kier alpha value is -0.940. The molecule has 0 saturated carbocycles. The lowest BCUT2D eigenvalue weighted by Crippen LogP contribution is -2.38. The number of likely N-dealkylation sites (tertiary alicyclic amines) is 1. The highest BCUT2D eigenvalue weighted by Crippen LogP contribution is 2.17. The minimum atomic E-state index is 0.599. The van der Waals surface area contributed by atoms with Gasteiger partial charge in [0.2, 0.25) is 0 Å². The number of nitrogens with zero attached hydrogens (tertiary/aromatic N) is 4. The van der Waals surface area contributed by atoms with Gasteiger partial charge in [0.1, 0.15) is 12.2 Å². The second kappa shape index (κ2) is 6.29. The Morgan fingerprint density at radius 2 is 2.11 bits per heavy atom. The quantitative estimate of drug-likeness (QED) is 0.849. The van der Waals surface area contributed by atoms with Gasteiger partial charge in [-0.1, -0.05) is 13.8 Å². The number of nitrogens with one attached hydrogen (secondary N) is 1. The molecule has 1 aliphatic rings. The van der Waals surface area contributed by atoms with Crippen LogP contribution in [-0.4, -0.2) is 45.3 Å². The van der Waals surface area contributed by atoms with Gasteiger partial charge in [-0.25, -0.2) is 4.98 Å². The third-order valence-corrected chi connectivity index (χ3v) is 3.69. The summed E-state index contributed by atoms with van der Waals surface area (Å²) in [7, 11) is 1.96. The van der Waals surface area contributed by atoms with Crippen LogP contribution in [0.4, 0.5) is 0 Å². The molecule has 5 nitrogen and oxygen atoms in total. The normalized spacial score (nSPS) is 18.7. The highest BCUT2D eigenvalue weighted by molar-refractivity contribution is 4.85. The first kappa shape index (κ1) is 13.5. The smallest absolute Gasteiger partial charge is 0.140 e. The van der Waals surface area contributed by atoms with Gasteiger partial charge in [0.05, 0.1) is 6.54 Å². The zero-order valence-electron chi connectivity index (χ0n) is 11.8. The van der Waals surface area contributed by atoms with Crippen LogP contribution in [0.2, 0.25) is 0 Å². The first-order valence-electron chi connectivity index (χ1n) is 6.93. The van der Waals surface area contributed by atoms with Gasteiger partial charge in [-0.05, 0) is 38.4 Å². The van der Waals surface area contributed by atoms with E-state index in [0.717, 1.165) is 24.8 Å². The highest BCUT2D eigenvalue weighted by atomic mass is 15.3. The van der Waals surface area contributed by atoms with Crippen LogP contribution in [-0.2, 0) is 13.6 Å². The van der Waals surface area contributed by atoms with Gasteiger partial charge in [0.15, 0.2) is 0 Å². The van der Waals surface area contributed by atoms with Crippen molar-refractivity contribution in [2.45, 2.75) is 39.3 Å². The van der Waals surface area contributed by atoms with Crippen molar-refractivity contribution in [3.05, 3.63) is 12.2 Å². The summed E-state index contributed by atoms with van der Waals surface area (Å²) < 4.78 is 1.87. The summed E-state index contributed by atoms with van der Waals surface area (Å²) >= 11 is 0. The highest BCUT2D eigenvalue weighted by Gasteiger charge is 2.20. The molecule has 1 fully saturated rings. The van der Waals surface area contributed by atoms with Crippen LogP contribution in [0.25, 0.3) is 0 Å². The topological polar surface area (TPSA) is 46.0 Å². The monoisotopic (exact) mass is 251 g/mol. The van der Waals surface area contributed by atoms with Crippen LogP contribution in [0.15, 0.2) is 6.33 Å². The van der Waals surface area contributed by atoms with E-state index in [0.29, 0.717) is 6.04 Å². The van der Waals surface area contributed by atoms with Crippen molar-refractivity contribution >= 4 is 0 Å². The van der Waals surface area contributed by atoms with Crippen molar-refractivity contribution in [1.29, 1.82) is 0 Å². The molecule has 1 aliphatic heterocycles. The maximum atomic E-state index is 4.29. The van der Waals surface area contributed by atoms with Crippen molar-refractivity contribution in [3.63, 3.8) is 0 Å². The van der Waals surface area contributed by atoms with E-state index in [-0.39, 0.29) is 0 Å². The van der Waals surface area contributed by atoms with E-state index in [1.165, 1.54) is 25.9 Å². The van der Waals surface area contributed by atoms with Gasteiger partial charge in [0, 0.05) is 13.1 Å². The van der Waals surface area contributed by atoms with Gasteiger partial charge in [-0.15, -0.1) is 0 Å². The molecule has 102 valence electrons. The number of hydrogen-bond acceptors (Lipinski definition) is 4. The molecular weight excluding hydrogens is 226 g/mol. The first-order valence-corrected chi connectivity index (χ1v) is 6.93. The van der Waals surface area contributed by atoms with Crippen molar-refractivity contribution < 1.29 is 0 Å². The summed E-state index contributed by atoms with van der Waals surface area (Å²) in [6.45, 7) is 8.87. The average molecular weight is 251 g/mol. The number of aryl methyl sites for hydroxylation is 1. The number of aromatic nitrogens is 3. The molecule has 0 aliphatic carbocycles. The van der Waals surface area contributed by atoms with E-state index in [1.807, 2.05) is 11.7 Å². The SMILES string of the molecule is CC(C)NCC1CCN(Cc2ncnn2C)CC1. The summed E-state index contributed by atoms with van der Waals surface area (Å²) in [5, 5.41) is 7.65. The molecule has 1 aromatic rings. The average Bonchev–Trinajstić information content (AvgIpc) is 2.74. The van der Waals surface area contributed by atoms with Crippen molar-refractivity contribution in [2.24, 2.45) is 13.0 Å². The Kier molecular flexibility index (Phi) is 4.72. The molecule has 0 spiro atoms. The fourth-order valence-electron chi connectivity index (χ4n) is 2.41. The molecule has 18 heavy (non-hydrogen) atoms. The minimum absolute atomic E-state index is 0.599. The van der Waals surface area contributed by atoms with Gasteiger partial charge in [-0.2, -0.15) is 5.10 Å². The Labute approximate surface area is 110 Å². The minimum Gasteiger partial charge on any atom is -0.314 e. The van der Waals surface area contributed by atoms with E-state index >= 15 is 0 Å². The molecule has 1 N–H and O–H groups in total. The predicted octanol–water partition coefficient (Wildman–Crippen LogP) is 1.03. The van der Waals surface area contributed by atoms with Crippen molar-refractivity contribution in [1.82, 2.24) is 25.0 Å². The molecule has 0 amide bonds. The summed E-state index contributed by atoms with van der Waals surface area (Å²) in [4.78, 5) is 6.77. The van der Waals surface area contributed by atoms with Crippen molar-refractivity contribution in [2.75, 3.05) is 19.6 Å². The zero-order chi connectivity index (χ0) is 13.0. The summed E-state index contributed by atoms with van der Waals surface area (Å²) in [5.74, 6) is 1.90. The Morgan fingerprint density at radius 1 is 1.39 bits per heavy atom. The number of hydrogen-bond donors (Lipinski definition) is 1. The van der Waals surface area contributed by atoms with Crippen LogP contribution in [0, 0.1) is 5.92 Å². The van der Waals surface area contributed by atoms with Gasteiger partial charge >= 0.3 is 0 Å². The van der Waals surface area contributed by atoms with Gasteiger partial charge in [-0.3, -0.25) is 9.58 Å².